The van der Waals surface area contributed by atoms with E-state index in [1.54, 1.807) is 11.8 Å². The van der Waals surface area contributed by atoms with Crippen LogP contribution in [0.4, 0.5) is 0 Å². The van der Waals surface area contributed by atoms with Gasteiger partial charge in [-0.3, -0.25) is 9.69 Å². The molecule has 0 unspecified atom stereocenters. The van der Waals surface area contributed by atoms with Crippen LogP contribution in [0.3, 0.4) is 0 Å². The summed E-state index contributed by atoms with van der Waals surface area (Å²) < 4.78 is 5.35. The number of rotatable bonds is 9. The van der Waals surface area contributed by atoms with Gasteiger partial charge in [0.1, 0.15) is 0 Å². The zero-order valence-electron chi connectivity index (χ0n) is 14.0. The average Bonchev–Trinajstić information content (AvgIpc) is 2.63. The lowest BCUT2D eigenvalue weighted by Crippen LogP contribution is -2.43. The van der Waals surface area contributed by atoms with E-state index in [1.165, 1.54) is 4.90 Å². The predicted octanol–water partition coefficient (Wildman–Crippen LogP) is 2.24. The minimum Gasteiger partial charge on any atom is -0.379 e. The van der Waals surface area contributed by atoms with Gasteiger partial charge in [0.05, 0.1) is 25.7 Å². The SMILES string of the molecule is N#CCCN(CCN1CCOCC1)C(=O)CCSc1ccccc1. The maximum absolute atomic E-state index is 12.5. The predicted molar refractivity (Wildman–Crippen MR) is 95.9 cm³/mol. The molecule has 0 atom stereocenters. The summed E-state index contributed by atoms with van der Waals surface area (Å²) >= 11 is 1.70. The van der Waals surface area contributed by atoms with Gasteiger partial charge >= 0.3 is 0 Å². The standard InChI is InChI=1S/C18H25N3O2S/c19-8-4-9-21(11-10-20-12-14-23-15-13-20)18(22)7-16-24-17-5-2-1-3-6-17/h1-3,5-6H,4,7,9-16H2. The van der Waals surface area contributed by atoms with E-state index in [0.29, 0.717) is 25.9 Å². The van der Waals surface area contributed by atoms with Crippen LogP contribution in [0.5, 0.6) is 0 Å². The smallest absolute Gasteiger partial charge is 0.223 e. The lowest BCUT2D eigenvalue weighted by molar-refractivity contribution is -0.131. The molecular weight excluding hydrogens is 322 g/mol. The molecule has 1 aromatic rings. The molecule has 0 aromatic heterocycles. The minimum absolute atomic E-state index is 0.141. The largest absolute Gasteiger partial charge is 0.379 e. The summed E-state index contributed by atoms with van der Waals surface area (Å²) in [4.78, 5) is 17.8. The molecule has 1 aliphatic heterocycles. The summed E-state index contributed by atoms with van der Waals surface area (Å²) in [5.74, 6) is 0.908. The third kappa shape index (κ3) is 6.91. The third-order valence-corrected chi connectivity index (χ3v) is 4.98. The second-order valence-electron chi connectivity index (χ2n) is 5.65. The number of benzene rings is 1. The monoisotopic (exact) mass is 347 g/mol. The van der Waals surface area contributed by atoms with Gasteiger partial charge in [-0.1, -0.05) is 18.2 Å². The molecule has 0 radical (unpaired) electrons. The van der Waals surface area contributed by atoms with Gasteiger partial charge in [0.2, 0.25) is 5.91 Å². The van der Waals surface area contributed by atoms with E-state index in [4.69, 9.17) is 10.00 Å². The highest BCUT2D eigenvalue weighted by Crippen LogP contribution is 2.18. The fourth-order valence-electron chi connectivity index (χ4n) is 2.56. The first-order chi connectivity index (χ1) is 11.8. The zero-order chi connectivity index (χ0) is 17.0. The van der Waals surface area contributed by atoms with Gasteiger partial charge in [-0.05, 0) is 12.1 Å². The summed E-state index contributed by atoms with van der Waals surface area (Å²) in [5, 5.41) is 8.82. The number of hydrogen-bond acceptors (Lipinski definition) is 5. The van der Waals surface area contributed by atoms with Crippen LogP contribution < -0.4 is 0 Å². The van der Waals surface area contributed by atoms with Crippen molar-refractivity contribution in [1.82, 2.24) is 9.80 Å². The molecule has 0 saturated carbocycles. The highest BCUT2D eigenvalue weighted by molar-refractivity contribution is 7.99. The third-order valence-electron chi connectivity index (χ3n) is 3.96. The van der Waals surface area contributed by atoms with Crippen molar-refractivity contribution in [2.45, 2.75) is 17.7 Å². The second kappa shape index (κ2) is 11.1. The van der Waals surface area contributed by atoms with E-state index < -0.39 is 0 Å². The van der Waals surface area contributed by atoms with Crippen molar-refractivity contribution >= 4 is 17.7 Å². The molecule has 1 amide bonds. The molecule has 6 heteroatoms. The molecule has 130 valence electrons. The lowest BCUT2D eigenvalue weighted by Gasteiger charge is -2.30. The lowest BCUT2D eigenvalue weighted by atomic mass is 10.3. The summed E-state index contributed by atoms with van der Waals surface area (Å²) in [7, 11) is 0. The molecule has 24 heavy (non-hydrogen) atoms. The van der Waals surface area contributed by atoms with E-state index in [9.17, 15) is 4.79 Å². The molecule has 0 N–H and O–H groups in total. The van der Waals surface area contributed by atoms with E-state index >= 15 is 0 Å². The van der Waals surface area contributed by atoms with Crippen LogP contribution in [-0.4, -0.2) is 67.4 Å². The first kappa shape index (κ1) is 18.8. The van der Waals surface area contributed by atoms with Crippen molar-refractivity contribution in [2.24, 2.45) is 0 Å². The Balaban J connectivity index is 1.75. The Kier molecular flexibility index (Phi) is 8.67. The van der Waals surface area contributed by atoms with Gasteiger partial charge in [-0.25, -0.2) is 0 Å². The highest BCUT2D eigenvalue weighted by Gasteiger charge is 2.16. The first-order valence-corrected chi connectivity index (χ1v) is 9.41. The van der Waals surface area contributed by atoms with Crippen LogP contribution >= 0.6 is 11.8 Å². The number of carbonyl (C=O) groups excluding carboxylic acids is 1. The Morgan fingerprint density at radius 1 is 1.25 bits per heavy atom. The topological polar surface area (TPSA) is 56.6 Å². The molecular formula is C18H25N3O2S. The fourth-order valence-corrected chi connectivity index (χ4v) is 3.43. The number of amides is 1. The molecule has 1 heterocycles. The number of morpholine rings is 1. The number of carbonyl (C=O) groups is 1. The second-order valence-corrected chi connectivity index (χ2v) is 6.82. The van der Waals surface area contributed by atoms with Gasteiger partial charge in [-0.15, -0.1) is 11.8 Å². The van der Waals surface area contributed by atoms with Crippen LogP contribution in [0.15, 0.2) is 35.2 Å². The summed E-state index contributed by atoms with van der Waals surface area (Å²) in [6.45, 7) is 5.44. The minimum atomic E-state index is 0.141. The van der Waals surface area contributed by atoms with Crippen molar-refractivity contribution in [3.63, 3.8) is 0 Å². The Morgan fingerprint density at radius 3 is 2.71 bits per heavy atom. The maximum atomic E-state index is 12.5. The summed E-state index contributed by atoms with van der Waals surface area (Å²) in [6.07, 6.45) is 0.898. The van der Waals surface area contributed by atoms with Gasteiger partial charge in [0.25, 0.3) is 0 Å². The Hall–Kier alpha value is -1.55. The van der Waals surface area contributed by atoms with Crippen molar-refractivity contribution in [2.75, 3.05) is 51.7 Å². The van der Waals surface area contributed by atoms with Gasteiger partial charge < -0.3 is 9.64 Å². The van der Waals surface area contributed by atoms with Crippen molar-refractivity contribution < 1.29 is 9.53 Å². The highest BCUT2D eigenvalue weighted by atomic mass is 32.2. The van der Waals surface area contributed by atoms with E-state index in [-0.39, 0.29) is 5.91 Å². The molecule has 1 saturated heterocycles. The van der Waals surface area contributed by atoms with Crippen LogP contribution in [0, 0.1) is 11.3 Å². The van der Waals surface area contributed by atoms with Gasteiger partial charge in [0, 0.05) is 49.8 Å². The van der Waals surface area contributed by atoms with Crippen molar-refractivity contribution in [3.05, 3.63) is 30.3 Å². The molecule has 0 aliphatic carbocycles. The van der Waals surface area contributed by atoms with Crippen molar-refractivity contribution in [3.8, 4) is 6.07 Å². The van der Waals surface area contributed by atoms with Gasteiger partial charge in [-0.2, -0.15) is 5.26 Å². The van der Waals surface area contributed by atoms with E-state index in [1.807, 2.05) is 23.1 Å². The average molecular weight is 347 g/mol. The number of nitriles is 1. The van der Waals surface area contributed by atoms with Crippen LogP contribution in [0.2, 0.25) is 0 Å². The molecule has 5 nitrogen and oxygen atoms in total. The quantitative estimate of drug-likeness (QED) is 0.641. The fraction of sp³-hybridized carbons (Fsp3) is 0.556. The Morgan fingerprint density at radius 2 is 2.00 bits per heavy atom. The van der Waals surface area contributed by atoms with Gasteiger partial charge in [0.15, 0.2) is 0 Å². The van der Waals surface area contributed by atoms with E-state index in [2.05, 4.69) is 23.1 Å². The number of hydrogen-bond donors (Lipinski definition) is 0. The molecule has 1 aromatic carbocycles. The first-order valence-electron chi connectivity index (χ1n) is 8.42. The van der Waals surface area contributed by atoms with Crippen LogP contribution in [0.1, 0.15) is 12.8 Å². The van der Waals surface area contributed by atoms with E-state index in [0.717, 1.165) is 38.6 Å². The molecule has 1 aliphatic rings. The van der Waals surface area contributed by atoms with Crippen LogP contribution in [0.25, 0.3) is 0 Å². The Bertz CT molecular complexity index is 527. The molecule has 2 rings (SSSR count). The maximum Gasteiger partial charge on any atom is 0.223 e. The normalized spacial score (nSPS) is 15.0. The number of thioether (sulfide) groups is 1. The molecule has 0 bridgehead atoms. The zero-order valence-corrected chi connectivity index (χ0v) is 14.8. The number of nitrogens with zero attached hydrogens (tertiary/aromatic N) is 3. The summed E-state index contributed by atoms with van der Waals surface area (Å²) in [5.41, 5.74) is 0. The van der Waals surface area contributed by atoms with Crippen molar-refractivity contribution in [1.29, 1.82) is 5.26 Å². The molecule has 1 fully saturated rings. The molecule has 0 spiro atoms. The summed E-state index contributed by atoms with van der Waals surface area (Å²) in [6, 6.07) is 12.3. The van der Waals surface area contributed by atoms with Crippen LogP contribution in [-0.2, 0) is 9.53 Å². The Labute approximate surface area is 148 Å². The number of ether oxygens (including phenoxy) is 1.